The highest BCUT2D eigenvalue weighted by atomic mass is 19.1. The number of rotatable bonds is 6. The van der Waals surface area contributed by atoms with E-state index >= 15 is 0 Å². The second kappa shape index (κ2) is 7.58. The van der Waals surface area contributed by atoms with Gasteiger partial charge in [-0.15, -0.1) is 0 Å². The Bertz CT molecular complexity index is 1090. The van der Waals surface area contributed by atoms with E-state index in [9.17, 15) is 4.39 Å². The number of halogens is 1. The third-order valence-electron chi connectivity index (χ3n) is 4.99. The Kier molecular flexibility index (Phi) is 4.99. The van der Waals surface area contributed by atoms with Crippen LogP contribution in [0.5, 0.6) is 5.88 Å². The van der Waals surface area contributed by atoms with Crippen LogP contribution in [-0.2, 0) is 6.54 Å². The van der Waals surface area contributed by atoms with Crippen molar-refractivity contribution in [3.63, 3.8) is 0 Å². The van der Waals surface area contributed by atoms with Crippen molar-refractivity contribution in [3.05, 3.63) is 54.6 Å². The van der Waals surface area contributed by atoms with Gasteiger partial charge in [-0.25, -0.2) is 4.39 Å². The number of fused-ring (bicyclic) bond motifs is 3. The Morgan fingerprint density at radius 2 is 1.68 bits per heavy atom. The zero-order chi connectivity index (χ0) is 19.7. The highest BCUT2D eigenvalue weighted by Gasteiger charge is 2.15. The average Bonchev–Trinajstić information content (AvgIpc) is 2.99. The van der Waals surface area contributed by atoms with E-state index in [0.29, 0.717) is 11.7 Å². The molecule has 0 saturated carbocycles. The topological polar surface area (TPSA) is 39.1 Å². The predicted octanol–water partition coefficient (Wildman–Crippen LogP) is 1.17. The minimum atomic E-state index is -1.06. The number of benzene rings is 2. The van der Waals surface area contributed by atoms with Crippen LogP contribution in [0, 0.1) is 0 Å². The van der Waals surface area contributed by atoms with Gasteiger partial charge in [0.15, 0.2) is 0 Å². The average molecular weight is 373 g/mol. The maximum Gasteiger partial charge on any atom is 0.214 e. The molecule has 28 heavy (non-hydrogen) atoms. The molecule has 0 spiro atoms. The number of methoxy groups -OCH3 is 1. The van der Waals surface area contributed by atoms with E-state index < -0.39 is 6.17 Å². The maximum atomic E-state index is 14.9. The van der Waals surface area contributed by atoms with Crippen LogP contribution in [0.25, 0.3) is 21.8 Å². The molecule has 1 atom stereocenters. The molecule has 0 bridgehead atoms. The summed E-state index contributed by atoms with van der Waals surface area (Å²) >= 11 is 0. The zero-order valence-corrected chi connectivity index (χ0v) is 16.4. The minimum absolute atomic E-state index is 0.180. The fraction of sp³-hybridized carbons (Fsp3) is 0.190. The molecule has 7 heteroatoms. The van der Waals surface area contributed by atoms with Gasteiger partial charge < -0.3 is 14.6 Å². The van der Waals surface area contributed by atoms with Crippen molar-refractivity contribution in [2.24, 2.45) is 0 Å². The van der Waals surface area contributed by atoms with Gasteiger partial charge in [0.2, 0.25) is 5.88 Å². The standard InChI is InChI=1S/C21H22B2FN3O/c1-28-21-4-2-3-20(26-21)25-11-15(24)12-27-18-7-5-13(22)9-16(18)17-10-14(23)6-8-19(17)27/h2-10,15H,11-12,22-23H2,1H3,(H,25,26). The predicted molar refractivity (Wildman–Crippen MR) is 120 cm³/mol. The first-order chi connectivity index (χ1) is 13.5. The van der Waals surface area contributed by atoms with Crippen LogP contribution in [-0.4, -0.2) is 45.1 Å². The fourth-order valence-electron chi connectivity index (χ4n) is 3.63. The van der Waals surface area contributed by atoms with Crippen molar-refractivity contribution in [2.45, 2.75) is 12.7 Å². The second-order valence-electron chi connectivity index (χ2n) is 7.20. The molecule has 140 valence electrons. The number of anilines is 1. The lowest BCUT2D eigenvalue weighted by Gasteiger charge is -2.14. The third-order valence-corrected chi connectivity index (χ3v) is 4.99. The number of aromatic nitrogens is 2. The monoisotopic (exact) mass is 373 g/mol. The molecule has 0 amide bonds. The smallest absolute Gasteiger partial charge is 0.214 e. The normalized spacial score (nSPS) is 12.4. The summed E-state index contributed by atoms with van der Waals surface area (Å²) < 4.78 is 22.1. The number of nitrogens with one attached hydrogen (secondary N) is 1. The SMILES string of the molecule is Bc1ccc2c(c1)c1cc(B)ccc1n2CC(F)CNc1cccc(OC)n1. The summed E-state index contributed by atoms with van der Waals surface area (Å²) in [6, 6.07) is 18.1. The quantitative estimate of drug-likeness (QED) is 0.516. The lowest BCUT2D eigenvalue weighted by Crippen LogP contribution is -2.21. The summed E-state index contributed by atoms with van der Waals surface area (Å²) in [4.78, 5) is 4.27. The lowest BCUT2D eigenvalue weighted by molar-refractivity contribution is 0.315. The molecule has 4 aromatic rings. The first-order valence-corrected chi connectivity index (χ1v) is 9.43. The van der Waals surface area contributed by atoms with Crippen molar-refractivity contribution in [1.82, 2.24) is 9.55 Å². The summed E-state index contributed by atoms with van der Waals surface area (Å²) in [6.07, 6.45) is -1.06. The van der Waals surface area contributed by atoms with Crippen LogP contribution in [0.4, 0.5) is 10.2 Å². The van der Waals surface area contributed by atoms with Crippen LogP contribution >= 0.6 is 0 Å². The van der Waals surface area contributed by atoms with Gasteiger partial charge in [0, 0.05) is 34.4 Å². The molecular weight excluding hydrogens is 351 g/mol. The van der Waals surface area contributed by atoms with Gasteiger partial charge in [-0.3, -0.25) is 0 Å². The van der Waals surface area contributed by atoms with E-state index in [0.717, 1.165) is 11.0 Å². The van der Waals surface area contributed by atoms with Gasteiger partial charge in [0.25, 0.3) is 0 Å². The minimum Gasteiger partial charge on any atom is -0.481 e. The molecule has 1 N–H and O–H groups in total. The van der Waals surface area contributed by atoms with Crippen molar-refractivity contribution in [2.75, 3.05) is 19.0 Å². The molecule has 0 radical (unpaired) electrons. The van der Waals surface area contributed by atoms with E-state index in [1.54, 1.807) is 19.2 Å². The van der Waals surface area contributed by atoms with Gasteiger partial charge in [-0.2, -0.15) is 4.98 Å². The largest absolute Gasteiger partial charge is 0.481 e. The Morgan fingerprint density at radius 3 is 2.29 bits per heavy atom. The van der Waals surface area contributed by atoms with Gasteiger partial charge in [0.05, 0.1) is 13.7 Å². The molecule has 4 rings (SSSR count). The van der Waals surface area contributed by atoms with Crippen molar-refractivity contribution >= 4 is 54.2 Å². The Balaban J connectivity index is 1.61. The van der Waals surface area contributed by atoms with Crippen LogP contribution in [0.3, 0.4) is 0 Å². The van der Waals surface area contributed by atoms with Crippen molar-refractivity contribution in [3.8, 4) is 5.88 Å². The summed E-state index contributed by atoms with van der Waals surface area (Å²) in [5.41, 5.74) is 4.54. The summed E-state index contributed by atoms with van der Waals surface area (Å²) in [5, 5.41) is 5.42. The molecule has 0 fully saturated rings. The highest BCUT2D eigenvalue weighted by Crippen LogP contribution is 2.28. The van der Waals surface area contributed by atoms with E-state index in [4.69, 9.17) is 4.74 Å². The Morgan fingerprint density at radius 1 is 1.04 bits per heavy atom. The number of pyridine rings is 1. The first kappa shape index (κ1) is 18.4. The molecule has 0 aliphatic carbocycles. The van der Waals surface area contributed by atoms with Gasteiger partial charge >= 0.3 is 0 Å². The number of ether oxygens (including phenoxy) is 1. The molecule has 2 aromatic carbocycles. The van der Waals surface area contributed by atoms with Crippen LogP contribution in [0.1, 0.15) is 0 Å². The number of nitrogens with zero attached hydrogens (tertiary/aromatic N) is 2. The highest BCUT2D eigenvalue weighted by molar-refractivity contribution is 6.35. The van der Waals surface area contributed by atoms with Crippen molar-refractivity contribution in [1.29, 1.82) is 0 Å². The summed E-state index contributed by atoms with van der Waals surface area (Å²) in [5.74, 6) is 1.11. The molecule has 4 nitrogen and oxygen atoms in total. The molecule has 1 unspecified atom stereocenters. The van der Waals surface area contributed by atoms with E-state index in [1.807, 2.05) is 6.07 Å². The van der Waals surface area contributed by atoms with Gasteiger partial charge in [0.1, 0.15) is 27.7 Å². The molecule has 0 aliphatic rings. The van der Waals surface area contributed by atoms with Crippen LogP contribution in [0.15, 0.2) is 54.6 Å². The van der Waals surface area contributed by atoms with Crippen LogP contribution in [0.2, 0.25) is 0 Å². The number of alkyl halides is 1. The Hall–Kier alpha value is -2.95. The molecule has 2 heterocycles. The Labute approximate surface area is 165 Å². The molecule has 2 aromatic heterocycles. The number of hydrogen-bond donors (Lipinski definition) is 1. The summed E-state index contributed by atoms with van der Waals surface area (Å²) in [6.45, 7) is 0.460. The first-order valence-electron chi connectivity index (χ1n) is 9.43. The third kappa shape index (κ3) is 3.57. The molecular formula is C21H22B2FN3O. The molecule has 0 aliphatic heterocycles. The van der Waals surface area contributed by atoms with E-state index in [2.05, 4.69) is 67.0 Å². The number of hydrogen-bond acceptors (Lipinski definition) is 3. The van der Waals surface area contributed by atoms with Crippen LogP contribution < -0.4 is 21.0 Å². The van der Waals surface area contributed by atoms with Crippen molar-refractivity contribution < 1.29 is 9.13 Å². The van der Waals surface area contributed by atoms with E-state index in [1.165, 1.54) is 21.7 Å². The second-order valence-corrected chi connectivity index (χ2v) is 7.20. The summed E-state index contributed by atoms with van der Waals surface area (Å²) in [7, 11) is 5.73. The lowest BCUT2D eigenvalue weighted by atomic mass is 9.92. The van der Waals surface area contributed by atoms with Gasteiger partial charge in [-0.05, 0) is 18.2 Å². The van der Waals surface area contributed by atoms with E-state index in [-0.39, 0.29) is 13.1 Å². The zero-order valence-electron chi connectivity index (χ0n) is 16.4. The fourth-order valence-corrected chi connectivity index (χ4v) is 3.63. The van der Waals surface area contributed by atoms with Gasteiger partial charge in [-0.1, -0.05) is 41.3 Å². The maximum absolute atomic E-state index is 14.9. The molecule has 0 saturated heterocycles.